The second-order valence-corrected chi connectivity index (χ2v) is 6.56. The van der Waals surface area contributed by atoms with Crippen LogP contribution in [0.4, 0.5) is 5.00 Å². The Labute approximate surface area is 134 Å². The summed E-state index contributed by atoms with van der Waals surface area (Å²) in [6, 6.07) is 2.08. The molecule has 6 nitrogen and oxygen atoms in total. The number of carbonyl (C=O) groups excluding carboxylic acids is 1. The minimum Gasteiger partial charge on any atom is -0.378 e. The zero-order valence-corrected chi connectivity index (χ0v) is 14.0. The molecule has 2 N–H and O–H groups in total. The van der Waals surface area contributed by atoms with E-state index in [2.05, 4.69) is 26.0 Å². The average molecular weight is 319 g/mol. The third kappa shape index (κ3) is 2.72. The molecule has 1 aliphatic heterocycles. The van der Waals surface area contributed by atoms with Gasteiger partial charge in [-0.2, -0.15) is 9.47 Å². The lowest BCUT2D eigenvalue weighted by molar-refractivity contribution is 0.0706. The number of anilines is 1. The van der Waals surface area contributed by atoms with Crippen LogP contribution in [0, 0.1) is 13.8 Å². The summed E-state index contributed by atoms with van der Waals surface area (Å²) in [5, 5.41) is 11.3. The maximum Gasteiger partial charge on any atom is 0.258 e. The normalized spacial score (nSPS) is 18.5. The number of amides is 1. The van der Waals surface area contributed by atoms with Crippen molar-refractivity contribution in [1.29, 1.82) is 0 Å². The highest BCUT2D eigenvalue weighted by Crippen LogP contribution is 2.30. The molecule has 2 aromatic heterocycles. The van der Waals surface area contributed by atoms with Crippen LogP contribution in [0.2, 0.25) is 0 Å². The van der Waals surface area contributed by atoms with Gasteiger partial charge in [-0.15, -0.1) is 0 Å². The van der Waals surface area contributed by atoms with Gasteiger partial charge >= 0.3 is 0 Å². The van der Waals surface area contributed by atoms with Gasteiger partial charge in [0.15, 0.2) is 0 Å². The van der Waals surface area contributed by atoms with Gasteiger partial charge in [-0.3, -0.25) is 9.89 Å². The predicted molar refractivity (Wildman–Crippen MR) is 87.6 cm³/mol. The molecule has 0 radical (unpaired) electrons. The van der Waals surface area contributed by atoms with Crippen molar-refractivity contribution in [3.05, 3.63) is 28.7 Å². The number of rotatable bonds is 3. The highest BCUT2D eigenvalue weighted by Gasteiger charge is 2.29. The Hall–Kier alpha value is -1.89. The lowest BCUT2D eigenvalue weighted by atomic mass is 9.94. The van der Waals surface area contributed by atoms with E-state index in [1.807, 2.05) is 25.8 Å². The lowest BCUT2D eigenvalue weighted by Crippen LogP contribution is -2.39. The lowest BCUT2D eigenvalue weighted by Gasteiger charge is -2.32. The third-order valence-electron chi connectivity index (χ3n) is 4.16. The number of aromatic amines is 1. The number of likely N-dealkylation sites (tertiary alicyclic amines) is 1. The number of piperidine rings is 1. The minimum atomic E-state index is 0.0764. The van der Waals surface area contributed by atoms with Gasteiger partial charge in [0.05, 0.1) is 17.0 Å². The van der Waals surface area contributed by atoms with Crippen molar-refractivity contribution in [1.82, 2.24) is 19.5 Å². The Bertz CT molecular complexity index is 677. The molecule has 1 atom stereocenters. The SMILES string of the molecule is CNc1snc(C)c1C(=O)N1CCC[C@H](c2cc(C)[nH]n2)C1. The van der Waals surface area contributed by atoms with Crippen LogP contribution in [0.3, 0.4) is 0 Å². The molecule has 0 bridgehead atoms. The van der Waals surface area contributed by atoms with E-state index in [9.17, 15) is 4.79 Å². The summed E-state index contributed by atoms with van der Waals surface area (Å²) in [4.78, 5) is 14.8. The zero-order chi connectivity index (χ0) is 15.7. The molecule has 1 fully saturated rings. The van der Waals surface area contributed by atoms with Crippen molar-refractivity contribution in [2.45, 2.75) is 32.6 Å². The van der Waals surface area contributed by atoms with Crippen LogP contribution in [0.25, 0.3) is 0 Å². The monoisotopic (exact) mass is 319 g/mol. The van der Waals surface area contributed by atoms with E-state index in [1.165, 1.54) is 11.5 Å². The number of aromatic nitrogens is 3. The number of H-pyrrole nitrogens is 1. The van der Waals surface area contributed by atoms with Gasteiger partial charge in [0.2, 0.25) is 0 Å². The Morgan fingerprint density at radius 1 is 1.50 bits per heavy atom. The molecule has 0 unspecified atom stereocenters. The molecule has 0 aromatic carbocycles. The molecule has 0 spiro atoms. The van der Waals surface area contributed by atoms with Crippen LogP contribution in [-0.2, 0) is 0 Å². The highest BCUT2D eigenvalue weighted by molar-refractivity contribution is 7.10. The average Bonchev–Trinajstić information content (AvgIpc) is 3.12. The zero-order valence-electron chi connectivity index (χ0n) is 13.1. The van der Waals surface area contributed by atoms with Crippen LogP contribution < -0.4 is 5.32 Å². The number of hydrogen-bond donors (Lipinski definition) is 2. The fourth-order valence-electron chi connectivity index (χ4n) is 3.00. The smallest absolute Gasteiger partial charge is 0.258 e. The maximum atomic E-state index is 12.9. The summed E-state index contributed by atoms with van der Waals surface area (Å²) >= 11 is 1.34. The van der Waals surface area contributed by atoms with Crippen molar-refractivity contribution < 1.29 is 4.79 Å². The molecule has 0 aliphatic carbocycles. The first kappa shape index (κ1) is 15.0. The second-order valence-electron chi connectivity index (χ2n) is 5.79. The molecule has 1 amide bonds. The van der Waals surface area contributed by atoms with Crippen LogP contribution in [0.15, 0.2) is 6.07 Å². The topological polar surface area (TPSA) is 73.9 Å². The van der Waals surface area contributed by atoms with Gasteiger partial charge in [0, 0.05) is 31.7 Å². The van der Waals surface area contributed by atoms with E-state index in [1.54, 1.807) is 0 Å². The van der Waals surface area contributed by atoms with Gasteiger partial charge in [-0.25, -0.2) is 0 Å². The molecule has 118 valence electrons. The van der Waals surface area contributed by atoms with Crippen molar-refractivity contribution in [3.8, 4) is 0 Å². The minimum absolute atomic E-state index is 0.0764. The van der Waals surface area contributed by atoms with Gasteiger partial charge < -0.3 is 10.2 Å². The molecule has 3 rings (SSSR count). The Morgan fingerprint density at radius 3 is 3.00 bits per heavy atom. The highest BCUT2D eigenvalue weighted by atomic mass is 32.1. The van der Waals surface area contributed by atoms with Crippen molar-refractivity contribution in [3.63, 3.8) is 0 Å². The van der Waals surface area contributed by atoms with Gasteiger partial charge in [0.25, 0.3) is 5.91 Å². The first-order valence-corrected chi connectivity index (χ1v) is 8.32. The van der Waals surface area contributed by atoms with E-state index in [-0.39, 0.29) is 5.91 Å². The number of nitrogens with one attached hydrogen (secondary N) is 2. The summed E-state index contributed by atoms with van der Waals surface area (Å²) in [6.07, 6.45) is 2.08. The van der Waals surface area contributed by atoms with Crippen LogP contribution in [-0.4, -0.2) is 45.5 Å². The molecule has 3 heterocycles. The van der Waals surface area contributed by atoms with E-state index in [4.69, 9.17) is 0 Å². The van der Waals surface area contributed by atoms with Gasteiger partial charge in [-0.1, -0.05) is 0 Å². The first-order chi connectivity index (χ1) is 10.6. The third-order valence-corrected chi connectivity index (χ3v) is 5.11. The molecule has 0 saturated carbocycles. The maximum absolute atomic E-state index is 12.9. The molecule has 7 heteroatoms. The summed E-state index contributed by atoms with van der Waals surface area (Å²) in [5.74, 6) is 0.389. The second kappa shape index (κ2) is 6.08. The number of nitrogens with zero attached hydrogens (tertiary/aromatic N) is 3. The van der Waals surface area contributed by atoms with Crippen LogP contribution >= 0.6 is 11.5 Å². The van der Waals surface area contributed by atoms with Crippen molar-refractivity contribution >= 4 is 22.4 Å². The van der Waals surface area contributed by atoms with Gasteiger partial charge in [-0.05, 0) is 44.3 Å². The van der Waals surface area contributed by atoms with E-state index in [0.717, 1.165) is 48.0 Å². The van der Waals surface area contributed by atoms with E-state index in [0.29, 0.717) is 11.5 Å². The molecular weight excluding hydrogens is 298 g/mol. The summed E-state index contributed by atoms with van der Waals surface area (Å²) in [7, 11) is 1.83. The predicted octanol–water partition coefficient (Wildman–Crippen LogP) is 2.54. The van der Waals surface area contributed by atoms with Crippen LogP contribution in [0.5, 0.6) is 0 Å². The van der Waals surface area contributed by atoms with Crippen LogP contribution in [0.1, 0.15) is 46.2 Å². The largest absolute Gasteiger partial charge is 0.378 e. The Balaban J connectivity index is 1.79. The van der Waals surface area contributed by atoms with Gasteiger partial charge in [0.1, 0.15) is 5.00 Å². The van der Waals surface area contributed by atoms with E-state index < -0.39 is 0 Å². The Kier molecular flexibility index (Phi) is 4.15. The number of hydrogen-bond acceptors (Lipinski definition) is 5. The Morgan fingerprint density at radius 2 is 2.32 bits per heavy atom. The summed E-state index contributed by atoms with van der Waals surface area (Å²) < 4.78 is 4.30. The fraction of sp³-hybridized carbons (Fsp3) is 0.533. The summed E-state index contributed by atoms with van der Waals surface area (Å²) in [5.41, 5.74) is 3.64. The van der Waals surface area contributed by atoms with Crippen molar-refractivity contribution in [2.24, 2.45) is 0 Å². The number of carbonyl (C=O) groups is 1. The molecular formula is C15H21N5OS. The first-order valence-electron chi connectivity index (χ1n) is 7.55. The molecule has 1 aliphatic rings. The number of aryl methyl sites for hydroxylation is 2. The fourth-order valence-corrected chi connectivity index (χ4v) is 3.74. The quantitative estimate of drug-likeness (QED) is 0.912. The summed E-state index contributed by atoms with van der Waals surface area (Å²) in [6.45, 7) is 5.42. The standard InChI is InChI=1S/C15H21N5OS/c1-9-7-12(18-17-9)11-5-4-6-20(8-11)15(21)13-10(2)19-22-14(13)16-3/h7,11,16H,4-6,8H2,1-3H3,(H,17,18)/t11-/m0/s1. The van der Waals surface area contributed by atoms with E-state index >= 15 is 0 Å². The molecule has 22 heavy (non-hydrogen) atoms. The van der Waals surface area contributed by atoms with Crippen molar-refractivity contribution in [2.75, 3.05) is 25.5 Å². The molecule has 2 aromatic rings. The molecule has 1 saturated heterocycles.